The first-order chi connectivity index (χ1) is 11.6. The number of anilines is 1. The number of rotatable bonds is 5. The van der Waals surface area contributed by atoms with Crippen molar-refractivity contribution in [2.45, 2.75) is 6.54 Å². The zero-order chi connectivity index (χ0) is 17.1. The van der Waals surface area contributed by atoms with Crippen molar-refractivity contribution >= 4 is 17.5 Å². The van der Waals surface area contributed by atoms with E-state index in [0.717, 1.165) is 5.56 Å². The molecule has 24 heavy (non-hydrogen) atoms. The minimum absolute atomic E-state index is 0.188. The Bertz CT molecular complexity index is 792. The molecule has 124 valence electrons. The van der Waals surface area contributed by atoms with Gasteiger partial charge in [0.05, 0.1) is 17.7 Å². The smallest absolute Gasteiger partial charge is 0.256 e. The van der Waals surface area contributed by atoms with E-state index in [1.54, 1.807) is 30.2 Å². The molecule has 2 amide bonds. The van der Waals surface area contributed by atoms with E-state index in [4.69, 9.17) is 4.74 Å². The summed E-state index contributed by atoms with van der Waals surface area (Å²) in [6.07, 6.45) is 0. The van der Waals surface area contributed by atoms with E-state index in [-0.39, 0.29) is 5.91 Å². The van der Waals surface area contributed by atoms with Crippen LogP contribution in [0.5, 0.6) is 0 Å². The third-order valence-electron chi connectivity index (χ3n) is 3.91. The fourth-order valence-corrected chi connectivity index (χ4v) is 2.76. The first-order valence-corrected chi connectivity index (χ1v) is 7.57. The van der Waals surface area contributed by atoms with Crippen LogP contribution in [0.1, 0.15) is 26.3 Å². The second-order valence-electron chi connectivity index (χ2n) is 5.52. The number of methoxy groups -OCH3 is 1. The Balaban J connectivity index is 1.85. The molecule has 0 bridgehead atoms. The third kappa shape index (κ3) is 3.14. The number of fused-ring (bicyclic) bond motifs is 1. The van der Waals surface area contributed by atoms with E-state index < -0.39 is 11.7 Å². The lowest BCUT2D eigenvalue weighted by molar-refractivity contribution is 0.0716. The van der Waals surface area contributed by atoms with Crippen molar-refractivity contribution < 1.29 is 18.7 Å². The second-order valence-corrected chi connectivity index (χ2v) is 5.52. The van der Waals surface area contributed by atoms with E-state index in [0.29, 0.717) is 36.5 Å². The Morgan fingerprint density at radius 2 is 2.08 bits per heavy atom. The van der Waals surface area contributed by atoms with Crippen LogP contribution in [0.15, 0.2) is 42.5 Å². The SMILES string of the molecule is COCCN1Cc2cccc(C(=O)Nc3cccc(F)c3)c2C1=O. The van der Waals surface area contributed by atoms with Gasteiger partial charge < -0.3 is 15.0 Å². The summed E-state index contributed by atoms with van der Waals surface area (Å²) in [4.78, 5) is 26.7. The van der Waals surface area contributed by atoms with Crippen molar-refractivity contribution in [2.24, 2.45) is 0 Å². The molecule has 1 aliphatic heterocycles. The molecule has 6 heteroatoms. The van der Waals surface area contributed by atoms with Crippen molar-refractivity contribution in [1.29, 1.82) is 0 Å². The number of nitrogens with zero attached hydrogens (tertiary/aromatic N) is 1. The van der Waals surface area contributed by atoms with Crippen molar-refractivity contribution in [3.63, 3.8) is 0 Å². The molecule has 2 aromatic carbocycles. The van der Waals surface area contributed by atoms with Gasteiger partial charge in [0.1, 0.15) is 5.82 Å². The highest BCUT2D eigenvalue weighted by molar-refractivity contribution is 6.13. The van der Waals surface area contributed by atoms with Crippen molar-refractivity contribution in [2.75, 3.05) is 25.6 Å². The highest BCUT2D eigenvalue weighted by atomic mass is 19.1. The van der Waals surface area contributed by atoms with E-state index in [1.165, 1.54) is 18.2 Å². The Kier molecular flexibility index (Phi) is 4.57. The molecule has 0 saturated heterocycles. The summed E-state index contributed by atoms with van der Waals surface area (Å²) in [6, 6.07) is 10.8. The Morgan fingerprint density at radius 1 is 1.29 bits per heavy atom. The number of amides is 2. The summed E-state index contributed by atoms with van der Waals surface area (Å²) >= 11 is 0. The molecule has 0 atom stereocenters. The summed E-state index contributed by atoms with van der Waals surface area (Å²) in [5.41, 5.74) is 1.85. The number of carbonyl (C=O) groups excluding carboxylic acids is 2. The quantitative estimate of drug-likeness (QED) is 0.918. The molecular formula is C18H17FN2O3. The molecule has 0 unspecified atom stereocenters. The van der Waals surface area contributed by atoms with Gasteiger partial charge >= 0.3 is 0 Å². The molecular weight excluding hydrogens is 311 g/mol. The summed E-state index contributed by atoms with van der Waals surface area (Å²) in [5, 5.41) is 2.63. The minimum atomic E-state index is -0.437. The fraction of sp³-hybridized carbons (Fsp3) is 0.222. The molecule has 1 aliphatic rings. The van der Waals surface area contributed by atoms with Crippen LogP contribution in [0.2, 0.25) is 0 Å². The van der Waals surface area contributed by atoms with E-state index in [2.05, 4.69) is 5.32 Å². The Hall–Kier alpha value is -2.73. The van der Waals surface area contributed by atoms with Crippen LogP contribution >= 0.6 is 0 Å². The predicted octanol–water partition coefficient (Wildman–Crippen LogP) is 2.68. The van der Waals surface area contributed by atoms with Crippen molar-refractivity contribution in [3.8, 4) is 0 Å². The van der Waals surface area contributed by atoms with Gasteiger partial charge in [0.2, 0.25) is 0 Å². The highest BCUT2D eigenvalue weighted by Crippen LogP contribution is 2.26. The van der Waals surface area contributed by atoms with Gasteiger partial charge in [-0.25, -0.2) is 4.39 Å². The summed E-state index contributed by atoms with van der Waals surface area (Å²) < 4.78 is 18.3. The Labute approximate surface area is 139 Å². The number of carbonyl (C=O) groups is 2. The van der Waals surface area contributed by atoms with Gasteiger partial charge in [-0.2, -0.15) is 0 Å². The summed E-state index contributed by atoms with van der Waals surface area (Å²) in [7, 11) is 1.57. The van der Waals surface area contributed by atoms with Gasteiger partial charge in [0.25, 0.3) is 11.8 Å². The number of benzene rings is 2. The predicted molar refractivity (Wildman–Crippen MR) is 87.4 cm³/mol. The van der Waals surface area contributed by atoms with Gasteiger partial charge in [-0.3, -0.25) is 9.59 Å². The Morgan fingerprint density at radius 3 is 2.83 bits per heavy atom. The topological polar surface area (TPSA) is 58.6 Å². The van der Waals surface area contributed by atoms with Gasteiger partial charge in [-0.1, -0.05) is 18.2 Å². The molecule has 1 N–H and O–H groups in total. The molecule has 2 aromatic rings. The average molecular weight is 328 g/mol. The molecule has 0 spiro atoms. The van der Waals surface area contributed by atoms with Crippen LogP contribution < -0.4 is 5.32 Å². The number of ether oxygens (including phenoxy) is 1. The maximum Gasteiger partial charge on any atom is 0.256 e. The lowest BCUT2D eigenvalue weighted by Crippen LogP contribution is -2.28. The lowest BCUT2D eigenvalue weighted by atomic mass is 10.0. The van der Waals surface area contributed by atoms with Gasteiger partial charge in [-0.05, 0) is 29.8 Å². The van der Waals surface area contributed by atoms with Crippen LogP contribution in [0.3, 0.4) is 0 Å². The lowest BCUT2D eigenvalue weighted by Gasteiger charge is -2.14. The van der Waals surface area contributed by atoms with E-state index in [1.807, 2.05) is 6.07 Å². The normalized spacial score (nSPS) is 13.1. The molecule has 0 radical (unpaired) electrons. The van der Waals surface area contributed by atoms with Crippen molar-refractivity contribution in [1.82, 2.24) is 4.90 Å². The van der Waals surface area contributed by atoms with Crippen molar-refractivity contribution in [3.05, 3.63) is 65.0 Å². The summed E-state index contributed by atoms with van der Waals surface area (Å²) in [5.74, 6) is -1.06. The fourth-order valence-electron chi connectivity index (χ4n) is 2.76. The standard InChI is InChI=1S/C18H17FN2O3/c1-24-9-8-21-11-12-4-2-7-15(16(12)18(21)23)17(22)20-14-6-3-5-13(19)10-14/h2-7,10H,8-9,11H2,1H3,(H,20,22). The van der Waals surface area contributed by atoms with Crippen LogP contribution in [0.4, 0.5) is 10.1 Å². The first-order valence-electron chi connectivity index (χ1n) is 7.57. The van der Waals surface area contributed by atoms with Crippen LogP contribution in [0, 0.1) is 5.82 Å². The minimum Gasteiger partial charge on any atom is -0.383 e. The molecule has 0 aliphatic carbocycles. The highest BCUT2D eigenvalue weighted by Gasteiger charge is 2.31. The second kappa shape index (κ2) is 6.80. The maximum absolute atomic E-state index is 13.2. The van der Waals surface area contributed by atoms with Crippen LogP contribution in [-0.2, 0) is 11.3 Å². The number of hydrogen-bond acceptors (Lipinski definition) is 3. The van der Waals surface area contributed by atoms with Gasteiger partial charge in [-0.15, -0.1) is 0 Å². The van der Waals surface area contributed by atoms with Crippen LogP contribution in [0.25, 0.3) is 0 Å². The molecule has 3 rings (SSSR count). The van der Waals surface area contributed by atoms with E-state index >= 15 is 0 Å². The molecule has 5 nitrogen and oxygen atoms in total. The molecule has 0 saturated carbocycles. The van der Waals surface area contributed by atoms with Gasteiger partial charge in [0, 0.05) is 25.9 Å². The maximum atomic E-state index is 13.2. The van der Waals surface area contributed by atoms with E-state index in [9.17, 15) is 14.0 Å². The molecule has 0 fully saturated rings. The third-order valence-corrected chi connectivity index (χ3v) is 3.91. The first kappa shape index (κ1) is 16.1. The monoisotopic (exact) mass is 328 g/mol. The zero-order valence-corrected chi connectivity index (χ0v) is 13.2. The molecule has 1 heterocycles. The van der Waals surface area contributed by atoms with Crippen LogP contribution in [-0.4, -0.2) is 37.0 Å². The largest absolute Gasteiger partial charge is 0.383 e. The van der Waals surface area contributed by atoms with Gasteiger partial charge in [0.15, 0.2) is 0 Å². The number of halogens is 1. The molecule has 0 aromatic heterocycles. The zero-order valence-electron chi connectivity index (χ0n) is 13.2. The number of nitrogens with one attached hydrogen (secondary N) is 1. The number of hydrogen-bond donors (Lipinski definition) is 1. The summed E-state index contributed by atoms with van der Waals surface area (Å²) in [6.45, 7) is 1.36. The average Bonchev–Trinajstić information content (AvgIpc) is 2.89.